The predicted octanol–water partition coefficient (Wildman–Crippen LogP) is 0.485. The fraction of sp³-hybridized carbons (Fsp3) is 0.143. The fourth-order valence-corrected chi connectivity index (χ4v) is 1.25. The second-order valence-corrected chi connectivity index (χ2v) is 2.95. The van der Waals surface area contributed by atoms with E-state index in [1.807, 2.05) is 6.26 Å². The number of pyridine rings is 1. The van der Waals surface area contributed by atoms with E-state index in [9.17, 15) is 4.79 Å². The Labute approximate surface area is 74.3 Å². The Hall–Kier alpha value is -1.23. The molecule has 12 heavy (non-hydrogen) atoms. The number of nitrogen functional groups attached to an aromatic ring is 1. The molecule has 0 fully saturated rings. The van der Waals surface area contributed by atoms with Crippen LogP contribution in [0.2, 0.25) is 0 Å². The van der Waals surface area contributed by atoms with Crippen molar-refractivity contribution in [2.45, 2.75) is 5.03 Å². The van der Waals surface area contributed by atoms with Crippen molar-refractivity contribution in [2.75, 3.05) is 12.0 Å². The third-order valence-corrected chi connectivity index (χ3v) is 2.05. The van der Waals surface area contributed by atoms with Gasteiger partial charge in [0.15, 0.2) is 0 Å². The Morgan fingerprint density at radius 3 is 2.75 bits per heavy atom. The first kappa shape index (κ1) is 8.86. The van der Waals surface area contributed by atoms with E-state index in [2.05, 4.69) is 4.98 Å². The van der Waals surface area contributed by atoms with E-state index in [1.54, 1.807) is 6.07 Å². The minimum atomic E-state index is -0.537. The summed E-state index contributed by atoms with van der Waals surface area (Å²) < 4.78 is 0. The van der Waals surface area contributed by atoms with E-state index in [1.165, 1.54) is 17.8 Å². The quantitative estimate of drug-likeness (QED) is 0.653. The third kappa shape index (κ3) is 1.68. The third-order valence-electron chi connectivity index (χ3n) is 1.34. The van der Waals surface area contributed by atoms with Gasteiger partial charge in [-0.2, -0.15) is 0 Å². The molecule has 0 radical (unpaired) electrons. The maximum atomic E-state index is 10.7. The highest BCUT2D eigenvalue weighted by atomic mass is 32.2. The first-order valence-corrected chi connectivity index (χ1v) is 4.48. The van der Waals surface area contributed by atoms with Gasteiger partial charge >= 0.3 is 0 Å². The smallest absolute Gasteiger partial charge is 0.267 e. The summed E-state index contributed by atoms with van der Waals surface area (Å²) in [7, 11) is 0. The van der Waals surface area contributed by atoms with Crippen LogP contribution in [-0.4, -0.2) is 17.1 Å². The van der Waals surface area contributed by atoms with E-state index < -0.39 is 5.91 Å². The summed E-state index contributed by atoms with van der Waals surface area (Å²) in [5.74, 6) is -0.537. The number of thioether (sulfide) groups is 1. The van der Waals surface area contributed by atoms with Crippen molar-refractivity contribution in [1.29, 1.82) is 0 Å². The van der Waals surface area contributed by atoms with Crippen molar-refractivity contribution in [1.82, 2.24) is 4.98 Å². The molecule has 1 rings (SSSR count). The van der Waals surface area contributed by atoms with E-state index in [0.717, 1.165) is 0 Å². The summed E-state index contributed by atoms with van der Waals surface area (Å²) in [6, 6.07) is 3.14. The van der Waals surface area contributed by atoms with Gasteiger partial charge in [0.1, 0.15) is 10.7 Å². The molecule has 0 atom stereocenters. The lowest BCUT2D eigenvalue weighted by atomic mass is 10.3. The van der Waals surface area contributed by atoms with E-state index in [0.29, 0.717) is 10.7 Å². The largest absolute Gasteiger partial charge is 0.397 e. The Kier molecular flexibility index (Phi) is 2.54. The van der Waals surface area contributed by atoms with E-state index in [4.69, 9.17) is 11.5 Å². The second kappa shape index (κ2) is 3.44. The summed E-state index contributed by atoms with van der Waals surface area (Å²) in [5.41, 5.74) is 11.4. The summed E-state index contributed by atoms with van der Waals surface area (Å²) >= 11 is 1.38. The van der Waals surface area contributed by atoms with Crippen molar-refractivity contribution < 1.29 is 4.79 Å². The molecule has 64 valence electrons. The van der Waals surface area contributed by atoms with Crippen LogP contribution in [0.15, 0.2) is 17.2 Å². The summed E-state index contributed by atoms with van der Waals surface area (Å²) in [6.45, 7) is 0. The van der Waals surface area contributed by atoms with Gasteiger partial charge in [-0.25, -0.2) is 4.98 Å². The summed E-state index contributed by atoms with van der Waals surface area (Å²) in [6.07, 6.45) is 1.84. The van der Waals surface area contributed by atoms with Crippen LogP contribution in [0.4, 0.5) is 5.69 Å². The second-order valence-electron chi connectivity index (χ2n) is 2.16. The number of hydrogen-bond acceptors (Lipinski definition) is 4. The zero-order valence-corrected chi connectivity index (χ0v) is 7.39. The molecule has 1 aromatic heterocycles. The molecule has 0 bridgehead atoms. The van der Waals surface area contributed by atoms with Crippen molar-refractivity contribution in [2.24, 2.45) is 5.73 Å². The number of rotatable bonds is 2. The molecule has 5 heteroatoms. The number of nitrogens with zero attached hydrogens (tertiary/aromatic N) is 1. The normalized spacial score (nSPS) is 9.75. The van der Waals surface area contributed by atoms with Crippen LogP contribution in [0, 0.1) is 0 Å². The number of hydrogen-bond donors (Lipinski definition) is 2. The zero-order valence-electron chi connectivity index (χ0n) is 6.57. The van der Waals surface area contributed by atoms with Gasteiger partial charge < -0.3 is 11.5 Å². The molecule has 0 saturated carbocycles. The predicted molar refractivity (Wildman–Crippen MR) is 48.9 cm³/mol. The molecule has 1 aromatic rings. The van der Waals surface area contributed by atoms with Crippen molar-refractivity contribution >= 4 is 23.4 Å². The van der Waals surface area contributed by atoms with Gasteiger partial charge in [0, 0.05) is 0 Å². The average molecular weight is 183 g/mol. The molecule has 0 aromatic carbocycles. The highest BCUT2D eigenvalue weighted by Gasteiger charge is 2.05. The lowest BCUT2D eigenvalue weighted by Crippen LogP contribution is -2.13. The lowest BCUT2D eigenvalue weighted by molar-refractivity contribution is 0.0995. The number of nitrogens with two attached hydrogens (primary N) is 2. The first-order chi connectivity index (χ1) is 5.65. The molecule has 4 nitrogen and oxygen atoms in total. The van der Waals surface area contributed by atoms with Crippen LogP contribution in [0.1, 0.15) is 10.5 Å². The van der Waals surface area contributed by atoms with Crippen molar-refractivity contribution in [3.8, 4) is 0 Å². The molecular formula is C7H9N3OS. The number of amides is 1. The summed E-state index contributed by atoms with van der Waals surface area (Å²) in [5, 5.41) is 0.631. The van der Waals surface area contributed by atoms with Gasteiger partial charge in [0.05, 0.1) is 5.69 Å². The van der Waals surface area contributed by atoms with E-state index >= 15 is 0 Å². The highest BCUT2D eigenvalue weighted by Crippen LogP contribution is 2.19. The van der Waals surface area contributed by atoms with Crippen molar-refractivity contribution in [3.63, 3.8) is 0 Å². The standard InChI is InChI=1S/C7H9N3OS/c1-12-7-4(8)2-3-5(10-7)6(9)11/h2-3H,8H2,1H3,(H2,9,11). The number of primary amides is 1. The first-order valence-electron chi connectivity index (χ1n) is 3.25. The van der Waals surface area contributed by atoms with Gasteiger partial charge in [-0.3, -0.25) is 4.79 Å². The minimum Gasteiger partial charge on any atom is -0.397 e. The Balaban J connectivity index is 3.13. The maximum Gasteiger partial charge on any atom is 0.267 e. The van der Waals surface area contributed by atoms with Crippen LogP contribution < -0.4 is 11.5 Å². The molecule has 1 heterocycles. The van der Waals surface area contributed by atoms with Gasteiger partial charge in [-0.1, -0.05) is 0 Å². The summed E-state index contributed by atoms with van der Waals surface area (Å²) in [4.78, 5) is 14.6. The molecule has 0 aliphatic rings. The van der Waals surface area contributed by atoms with E-state index in [-0.39, 0.29) is 5.69 Å². The zero-order chi connectivity index (χ0) is 9.14. The van der Waals surface area contributed by atoms with Crippen LogP contribution in [0.25, 0.3) is 0 Å². The number of anilines is 1. The van der Waals surface area contributed by atoms with Gasteiger partial charge in [-0.05, 0) is 18.4 Å². The lowest BCUT2D eigenvalue weighted by Gasteiger charge is -2.01. The Morgan fingerprint density at radius 2 is 2.25 bits per heavy atom. The Morgan fingerprint density at radius 1 is 1.58 bits per heavy atom. The topological polar surface area (TPSA) is 82.0 Å². The minimum absolute atomic E-state index is 0.244. The molecule has 0 aliphatic carbocycles. The van der Waals surface area contributed by atoms with Gasteiger partial charge in [0.2, 0.25) is 0 Å². The monoisotopic (exact) mass is 183 g/mol. The number of aromatic nitrogens is 1. The average Bonchev–Trinajstić information content (AvgIpc) is 2.05. The Bertz CT molecular complexity index is 314. The SMILES string of the molecule is CSc1nc(C(N)=O)ccc1N. The van der Waals surface area contributed by atoms with Gasteiger partial charge in [-0.15, -0.1) is 11.8 Å². The fourth-order valence-electron chi connectivity index (χ4n) is 0.752. The number of carbonyl (C=O) groups is 1. The molecule has 0 unspecified atom stereocenters. The van der Waals surface area contributed by atoms with Crippen LogP contribution in [0.5, 0.6) is 0 Å². The molecule has 0 aliphatic heterocycles. The van der Waals surface area contributed by atoms with Crippen LogP contribution in [0.3, 0.4) is 0 Å². The van der Waals surface area contributed by atoms with Gasteiger partial charge in [0.25, 0.3) is 5.91 Å². The highest BCUT2D eigenvalue weighted by molar-refractivity contribution is 7.98. The van der Waals surface area contributed by atoms with Crippen molar-refractivity contribution in [3.05, 3.63) is 17.8 Å². The molecular weight excluding hydrogens is 174 g/mol. The molecule has 0 saturated heterocycles. The molecule has 4 N–H and O–H groups in total. The van der Waals surface area contributed by atoms with Crippen LogP contribution in [-0.2, 0) is 0 Å². The van der Waals surface area contributed by atoms with Crippen LogP contribution >= 0.6 is 11.8 Å². The molecule has 1 amide bonds. The number of carbonyl (C=O) groups excluding carboxylic acids is 1. The maximum absolute atomic E-state index is 10.7. The molecule has 0 spiro atoms.